The smallest absolute Gasteiger partial charge is 0.268 e. The van der Waals surface area contributed by atoms with Gasteiger partial charge in [-0.05, 0) is 35.9 Å². The second-order valence-corrected chi connectivity index (χ2v) is 7.90. The van der Waals surface area contributed by atoms with Crippen LogP contribution < -0.4 is 9.04 Å². The Morgan fingerprint density at radius 2 is 1.54 bits per heavy atom. The molecule has 0 N–H and O–H groups in total. The van der Waals surface area contributed by atoms with Crippen LogP contribution in [0.5, 0.6) is 5.75 Å². The van der Waals surface area contributed by atoms with E-state index in [1.807, 2.05) is 36.4 Å². The van der Waals surface area contributed by atoms with Crippen molar-refractivity contribution in [3.05, 3.63) is 89.4 Å². The van der Waals surface area contributed by atoms with Gasteiger partial charge in [-0.2, -0.15) is 0 Å². The van der Waals surface area contributed by atoms with Crippen molar-refractivity contribution in [2.75, 3.05) is 11.4 Å². The summed E-state index contributed by atoms with van der Waals surface area (Å²) in [5.74, 6) is 0.253. The van der Waals surface area contributed by atoms with Crippen LogP contribution >= 0.6 is 11.6 Å². The Labute approximate surface area is 158 Å². The number of benzene rings is 3. The Morgan fingerprint density at radius 3 is 2.15 bits per heavy atom. The van der Waals surface area contributed by atoms with E-state index in [1.165, 1.54) is 17.5 Å². The minimum absolute atomic E-state index is 0.0345. The Balaban J connectivity index is 2.13. The number of hydrogen-bond donors (Lipinski definition) is 0. The van der Waals surface area contributed by atoms with Crippen LogP contribution in [0.2, 0.25) is 5.02 Å². The molecule has 3 aromatic rings. The van der Waals surface area contributed by atoms with Gasteiger partial charge < -0.3 is 4.74 Å². The molecule has 0 aromatic heterocycles. The molecule has 0 aliphatic carbocycles. The van der Waals surface area contributed by atoms with Crippen LogP contribution in [-0.2, 0) is 16.6 Å². The van der Waals surface area contributed by atoms with Gasteiger partial charge in [0.05, 0.1) is 19.3 Å². The van der Waals surface area contributed by atoms with Crippen LogP contribution in [0.1, 0.15) is 5.56 Å². The van der Waals surface area contributed by atoms with Gasteiger partial charge in [0.2, 0.25) is 0 Å². The minimum Gasteiger partial charge on any atom is -0.495 e. The summed E-state index contributed by atoms with van der Waals surface area (Å²) >= 11 is 6.05. The third kappa shape index (κ3) is 3.84. The average Bonchev–Trinajstić information content (AvgIpc) is 2.67. The van der Waals surface area contributed by atoms with E-state index in [-0.39, 0.29) is 17.2 Å². The summed E-state index contributed by atoms with van der Waals surface area (Å²) in [6.45, 7) is 0.197. The second-order valence-electron chi connectivity index (χ2n) is 5.63. The zero-order valence-corrected chi connectivity index (χ0v) is 15.7. The molecule has 0 saturated carbocycles. The summed E-state index contributed by atoms with van der Waals surface area (Å²) in [5.41, 5.74) is 1.44. The number of ether oxygens (including phenoxy) is 1. The van der Waals surface area contributed by atoms with Gasteiger partial charge in [0.1, 0.15) is 10.6 Å². The highest BCUT2D eigenvalue weighted by Crippen LogP contribution is 2.33. The van der Waals surface area contributed by atoms with Gasteiger partial charge in [-0.25, -0.2) is 8.42 Å². The van der Waals surface area contributed by atoms with Crippen LogP contribution in [0.25, 0.3) is 0 Å². The first-order valence-electron chi connectivity index (χ1n) is 7.97. The van der Waals surface area contributed by atoms with E-state index in [2.05, 4.69) is 0 Å². The first-order valence-corrected chi connectivity index (χ1v) is 9.79. The molecule has 26 heavy (non-hydrogen) atoms. The lowest BCUT2D eigenvalue weighted by Gasteiger charge is -2.25. The Morgan fingerprint density at radius 1 is 0.923 bits per heavy atom. The highest BCUT2D eigenvalue weighted by atomic mass is 35.5. The van der Waals surface area contributed by atoms with Crippen LogP contribution in [-0.4, -0.2) is 15.5 Å². The van der Waals surface area contributed by atoms with Gasteiger partial charge >= 0.3 is 0 Å². The monoisotopic (exact) mass is 387 g/mol. The molecule has 3 rings (SSSR count). The summed E-state index contributed by atoms with van der Waals surface area (Å²) in [6.07, 6.45) is 0. The Bertz CT molecular complexity index is 976. The van der Waals surface area contributed by atoms with E-state index < -0.39 is 10.0 Å². The highest BCUT2D eigenvalue weighted by Gasteiger charge is 2.28. The van der Waals surface area contributed by atoms with Crippen molar-refractivity contribution in [3.8, 4) is 5.75 Å². The van der Waals surface area contributed by atoms with Crippen molar-refractivity contribution in [1.82, 2.24) is 0 Å². The van der Waals surface area contributed by atoms with Gasteiger partial charge in [-0.1, -0.05) is 60.1 Å². The normalized spacial score (nSPS) is 11.2. The fourth-order valence-electron chi connectivity index (χ4n) is 2.63. The molecule has 0 radical (unpaired) electrons. The Hall–Kier alpha value is -2.50. The lowest BCUT2D eigenvalue weighted by molar-refractivity contribution is 0.402. The molecule has 0 amide bonds. The van der Waals surface area contributed by atoms with E-state index in [9.17, 15) is 8.42 Å². The van der Waals surface area contributed by atoms with Crippen molar-refractivity contribution in [2.24, 2.45) is 0 Å². The van der Waals surface area contributed by atoms with E-state index >= 15 is 0 Å². The molecular formula is C20H18ClNO3S. The van der Waals surface area contributed by atoms with Gasteiger partial charge in [-0.3, -0.25) is 4.31 Å². The Kier molecular flexibility index (Phi) is 5.49. The van der Waals surface area contributed by atoms with Gasteiger partial charge in [0, 0.05) is 5.02 Å². The number of halogens is 1. The summed E-state index contributed by atoms with van der Waals surface area (Å²) in [6, 6.07) is 23.0. The molecule has 0 saturated heterocycles. The molecule has 6 heteroatoms. The molecule has 0 bridgehead atoms. The first-order chi connectivity index (χ1) is 12.5. The van der Waals surface area contributed by atoms with E-state index in [0.717, 1.165) is 5.56 Å². The fraction of sp³-hybridized carbons (Fsp3) is 0.100. The van der Waals surface area contributed by atoms with Crippen LogP contribution in [0.15, 0.2) is 83.8 Å². The number of methoxy groups -OCH3 is 1. The molecule has 0 aliphatic heterocycles. The predicted molar refractivity (Wildman–Crippen MR) is 104 cm³/mol. The predicted octanol–water partition coefficient (Wildman–Crippen LogP) is 4.74. The molecule has 134 valence electrons. The molecule has 3 aromatic carbocycles. The van der Waals surface area contributed by atoms with Crippen molar-refractivity contribution in [1.29, 1.82) is 0 Å². The largest absolute Gasteiger partial charge is 0.495 e. The third-order valence-corrected chi connectivity index (χ3v) is 5.94. The maximum absolute atomic E-state index is 13.5. The van der Waals surface area contributed by atoms with Crippen LogP contribution in [0.4, 0.5) is 5.69 Å². The van der Waals surface area contributed by atoms with Gasteiger partial charge in [0.25, 0.3) is 10.0 Å². The van der Waals surface area contributed by atoms with Gasteiger partial charge in [-0.15, -0.1) is 0 Å². The number of nitrogens with zero attached hydrogens (tertiary/aromatic N) is 1. The van der Waals surface area contributed by atoms with E-state index in [0.29, 0.717) is 10.7 Å². The summed E-state index contributed by atoms with van der Waals surface area (Å²) in [7, 11) is -2.46. The third-order valence-electron chi connectivity index (χ3n) is 3.91. The van der Waals surface area contributed by atoms with Crippen molar-refractivity contribution in [3.63, 3.8) is 0 Å². The fourth-order valence-corrected chi connectivity index (χ4v) is 4.50. The topological polar surface area (TPSA) is 46.6 Å². The molecule has 0 atom stereocenters. The number of anilines is 1. The maximum Gasteiger partial charge on any atom is 0.268 e. The van der Waals surface area contributed by atoms with Crippen LogP contribution in [0, 0.1) is 0 Å². The zero-order chi connectivity index (χ0) is 18.6. The van der Waals surface area contributed by atoms with E-state index in [1.54, 1.807) is 36.4 Å². The maximum atomic E-state index is 13.5. The highest BCUT2D eigenvalue weighted by molar-refractivity contribution is 7.93. The second kappa shape index (κ2) is 7.81. The molecular weight excluding hydrogens is 370 g/mol. The van der Waals surface area contributed by atoms with E-state index in [4.69, 9.17) is 16.3 Å². The minimum atomic E-state index is -3.89. The molecule has 0 aliphatic rings. The average molecular weight is 388 g/mol. The zero-order valence-electron chi connectivity index (χ0n) is 14.2. The van der Waals surface area contributed by atoms with Crippen molar-refractivity contribution in [2.45, 2.75) is 11.4 Å². The lowest BCUT2D eigenvalue weighted by Crippen LogP contribution is -2.30. The molecule has 0 fully saturated rings. The van der Waals surface area contributed by atoms with Crippen molar-refractivity contribution < 1.29 is 13.2 Å². The van der Waals surface area contributed by atoms with Gasteiger partial charge in [0.15, 0.2) is 0 Å². The summed E-state index contributed by atoms with van der Waals surface area (Å²) in [4.78, 5) is 0.0345. The SMILES string of the molecule is COc1ccc(Cl)cc1S(=O)(=O)N(Cc1ccccc1)c1ccccc1. The number of rotatable bonds is 6. The van der Waals surface area contributed by atoms with Crippen LogP contribution in [0.3, 0.4) is 0 Å². The number of para-hydroxylation sites is 1. The lowest BCUT2D eigenvalue weighted by atomic mass is 10.2. The molecule has 0 spiro atoms. The first kappa shape index (κ1) is 18.3. The molecule has 0 unspecified atom stereocenters. The summed E-state index contributed by atoms with van der Waals surface area (Å²) in [5, 5.41) is 0.331. The summed E-state index contributed by atoms with van der Waals surface area (Å²) < 4.78 is 33.5. The number of sulfonamides is 1. The molecule has 0 heterocycles. The standard InChI is InChI=1S/C20H18ClNO3S/c1-25-19-13-12-17(21)14-20(19)26(23,24)22(18-10-6-3-7-11-18)15-16-8-4-2-5-9-16/h2-14H,15H2,1H3. The van der Waals surface area contributed by atoms with Crippen molar-refractivity contribution >= 4 is 27.3 Å². The number of hydrogen-bond acceptors (Lipinski definition) is 3. The quantitative estimate of drug-likeness (QED) is 0.613. The molecule has 4 nitrogen and oxygen atoms in total.